The molecular weight excluding hydrogens is 492 g/mol. The third-order valence-corrected chi connectivity index (χ3v) is 8.39. The minimum atomic E-state index is 0.287. The molecule has 0 spiro atoms. The minimum Gasteiger partial charge on any atom is -0.455 e. The van der Waals surface area contributed by atoms with Crippen molar-refractivity contribution >= 4 is 54.9 Å². The van der Waals surface area contributed by atoms with Crippen LogP contribution in [0.25, 0.3) is 72.0 Å². The zero-order chi connectivity index (χ0) is 27.1. The Hall–Kier alpha value is -4.83. The second-order valence-corrected chi connectivity index (χ2v) is 11.1. The number of aryl methyl sites for hydroxylation is 2. The standard InChI is InChI=1S/C36H29N2O2/c1-21(2)23-19-20-27-25-12-6-10-16-31(25)40-35(27)33(23)38-29-14-8-7-13-28(29)37(4)36(38)32-22(3)17-18-26-24-11-5-9-15-30(24)39-34(26)32/h5-21H,1-4H3/q+1. The molecule has 0 atom stereocenters. The first-order valence-electron chi connectivity index (χ1n) is 13.9. The average Bonchev–Trinajstić information content (AvgIpc) is 3.62. The van der Waals surface area contributed by atoms with Crippen LogP contribution in [0.3, 0.4) is 0 Å². The van der Waals surface area contributed by atoms with Crippen molar-refractivity contribution < 1.29 is 13.4 Å². The largest absolute Gasteiger partial charge is 0.455 e. The number of benzene rings is 5. The van der Waals surface area contributed by atoms with Crippen LogP contribution in [0, 0.1) is 6.92 Å². The van der Waals surface area contributed by atoms with Gasteiger partial charge in [-0.1, -0.05) is 80.6 Å². The van der Waals surface area contributed by atoms with E-state index in [1.54, 1.807) is 0 Å². The van der Waals surface area contributed by atoms with Gasteiger partial charge in [0.15, 0.2) is 27.9 Å². The van der Waals surface area contributed by atoms with E-state index < -0.39 is 0 Å². The SMILES string of the molecule is Cc1ccc2c(oc3ccccc32)c1-c1n(-c2c(C(C)C)ccc3c2oc2ccccc23)c2ccccc2[n+]1C. The van der Waals surface area contributed by atoms with Crippen LogP contribution in [0.4, 0.5) is 0 Å². The summed E-state index contributed by atoms with van der Waals surface area (Å²) < 4.78 is 18.0. The van der Waals surface area contributed by atoms with E-state index in [4.69, 9.17) is 8.83 Å². The maximum Gasteiger partial charge on any atom is 0.299 e. The Kier molecular flexibility index (Phi) is 4.81. The topological polar surface area (TPSA) is 35.1 Å². The van der Waals surface area contributed by atoms with E-state index >= 15 is 0 Å². The Bertz CT molecular complexity index is 2280. The molecule has 5 aromatic carbocycles. The number of aromatic nitrogens is 2. The zero-order valence-corrected chi connectivity index (χ0v) is 23.0. The highest BCUT2D eigenvalue weighted by atomic mass is 16.3. The number of hydrogen-bond acceptors (Lipinski definition) is 2. The van der Waals surface area contributed by atoms with Gasteiger partial charge in [0.05, 0.1) is 7.05 Å². The molecule has 0 radical (unpaired) electrons. The van der Waals surface area contributed by atoms with Gasteiger partial charge in [-0.05, 0) is 48.7 Å². The molecule has 0 aliphatic heterocycles. The van der Waals surface area contributed by atoms with E-state index in [1.165, 1.54) is 5.56 Å². The van der Waals surface area contributed by atoms with Gasteiger partial charge in [-0.3, -0.25) is 0 Å². The van der Waals surface area contributed by atoms with Crippen molar-refractivity contribution in [3.8, 4) is 17.1 Å². The molecule has 4 heteroatoms. The summed E-state index contributed by atoms with van der Waals surface area (Å²) in [5.41, 5.74) is 10.5. The summed E-state index contributed by atoms with van der Waals surface area (Å²) in [7, 11) is 2.16. The number of nitrogens with zero attached hydrogens (tertiary/aromatic N) is 2. The molecule has 0 aliphatic carbocycles. The molecule has 0 saturated carbocycles. The monoisotopic (exact) mass is 521 g/mol. The third kappa shape index (κ3) is 3.05. The lowest BCUT2D eigenvalue weighted by molar-refractivity contribution is -0.633. The van der Waals surface area contributed by atoms with E-state index in [9.17, 15) is 0 Å². The Morgan fingerprint density at radius 3 is 1.98 bits per heavy atom. The predicted octanol–water partition coefficient (Wildman–Crippen LogP) is 9.35. The zero-order valence-electron chi connectivity index (χ0n) is 23.0. The van der Waals surface area contributed by atoms with Crippen molar-refractivity contribution in [2.75, 3.05) is 0 Å². The van der Waals surface area contributed by atoms with Gasteiger partial charge >= 0.3 is 0 Å². The number of furan rings is 2. The van der Waals surface area contributed by atoms with Crippen LogP contribution in [0.5, 0.6) is 0 Å². The Morgan fingerprint density at radius 1 is 0.650 bits per heavy atom. The van der Waals surface area contributed by atoms with E-state index in [0.29, 0.717) is 0 Å². The normalized spacial score (nSPS) is 12.2. The predicted molar refractivity (Wildman–Crippen MR) is 163 cm³/mol. The summed E-state index contributed by atoms with van der Waals surface area (Å²) in [5, 5.41) is 4.51. The van der Waals surface area contributed by atoms with Crippen LogP contribution in [0.1, 0.15) is 30.9 Å². The second-order valence-electron chi connectivity index (χ2n) is 11.1. The van der Waals surface area contributed by atoms with Crippen molar-refractivity contribution in [2.24, 2.45) is 7.05 Å². The van der Waals surface area contributed by atoms with Crippen LogP contribution < -0.4 is 4.57 Å². The summed E-state index contributed by atoms with van der Waals surface area (Å²) >= 11 is 0. The van der Waals surface area contributed by atoms with E-state index in [0.717, 1.165) is 77.5 Å². The highest BCUT2D eigenvalue weighted by Crippen LogP contribution is 2.43. The van der Waals surface area contributed by atoms with E-state index in [1.807, 2.05) is 12.1 Å². The third-order valence-electron chi connectivity index (χ3n) is 8.39. The van der Waals surface area contributed by atoms with Gasteiger partial charge in [0.1, 0.15) is 16.7 Å². The first-order chi connectivity index (χ1) is 19.5. The van der Waals surface area contributed by atoms with Gasteiger partial charge in [0.25, 0.3) is 5.82 Å². The quantitative estimate of drug-likeness (QED) is 0.217. The fourth-order valence-corrected chi connectivity index (χ4v) is 6.47. The first-order valence-corrected chi connectivity index (χ1v) is 13.9. The van der Waals surface area contributed by atoms with Crippen molar-refractivity contribution in [3.63, 3.8) is 0 Å². The summed E-state index contributed by atoms with van der Waals surface area (Å²) in [4.78, 5) is 0. The fraction of sp³-hybridized carbons (Fsp3) is 0.139. The summed E-state index contributed by atoms with van der Waals surface area (Å²) in [6, 6.07) is 34.1. The molecule has 0 unspecified atom stereocenters. The van der Waals surface area contributed by atoms with Gasteiger partial charge in [0, 0.05) is 27.1 Å². The highest BCUT2D eigenvalue weighted by molar-refractivity contribution is 6.11. The van der Waals surface area contributed by atoms with Gasteiger partial charge in [-0.2, -0.15) is 4.57 Å². The van der Waals surface area contributed by atoms with Gasteiger partial charge in [0.2, 0.25) is 0 Å². The molecule has 0 aliphatic rings. The molecule has 194 valence electrons. The lowest BCUT2D eigenvalue weighted by Gasteiger charge is -2.13. The lowest BCUT2D eigenvalue weighted by atomic mass is 9.97. The first kappa shape index (κ1) is 23.1. The highest BCUT2D eigenvalue weighted by Gasteiger charge is 2.34. The summed E-state index contributed by atoms with van der Waals surface area (Å²) in [5.74, 6) is 1.35. The van der Waals surface area contributed by atoms with Crippen LogP contribution >= 0.6 is 0 Å². The van der Waals surface area contributed by atoms with Crippen LogP contribution in [-0.2, 0) is 7.05 Å². The molecule has 40 heavy (non-hydrogen) atoms. The maximum atomic E-state index is 6.69. The number of imidazole rings is 1. The molecule has 8 aromatic rings. The van der Waals surface area contributed by atoms with E-state index in [2.05, 4.69) is 122 Å². The number of para-hydroxylation sites is 4. The molecular formula is C36H29N2O2+. The van der Waals surface area contributed by atoms with Crippen LogP contribution in [0.15, 0.2) is 106 Å². The number of rotatable bonds is 3. The van der Waals surface area contributed by atoms with Crippen molar-refractivity contribution in [2.45, 2.75) is 26.7 Å². The average molecular weight is 522 g/mol. The van der Waals surface area contributed by atoms with Crippen LogP contribution in [0.2, 0.25) is 0 Å². The summed E-state index contributed by atoms with van der Waals surface area (Å²) in [6.45, 7) is 6.68. The van der Waals surface area contributed by atoms with E-state index in [-0.39, 0.29) is 5.92 Å². The fourth-order valence-electron chi connectivity index (χ4n) is 6.47. The van der Waals surface area contributed by atoms with Crippen LogP contribution in [-0.4, -0.2) is 4.57 Å². The lowest BCUT2D eigenvalue weighted by Crippen LogP contribution is -2.30. The molecule has 0 N–H and O–H groups in total. The van der Waals surface area contributed by atoms with Gasteiger partial charge in [-0.25, -0.2) is 4.57 Å². The van der Waals surface area contributed by atoms with Gasteiger partial charge in [-0.15, -0.1) is 0 Å². The van der Waals surface area contributed by atoms with Crippen molar-refractivity contribution in [1.82, 2.24) is 4.57 Å². The molecule has 8 rings (SSSR count). The molecule has 0 bridgehead atoms. The number of fused-ring (bicyclic) bond motifs is 7. The molecule has 3 heterocycles. The molecule has 0 saturated heterocycles. The second kappa shape index (κ2) is 8.33. The minimum absolute atomic E-state index is 0.287. The Balaban J connectivity index is 1.60. The molecule has 4 nitrogen and oxygen atoms in total. The smallest absolute Gasteiger partial charge is 0.299 e. The van der Waals surface area contributed by atoms with Crippen molar-refractivity contribution in [1.29, 1.82) is 0 Å². The molecule has 0 fully saturated rings. The molecule has 3 aromatic heterocycles. The summed E-state index contributed by atoms with van der Waals surface area (Å²) in [6.07, 6.45) is 0. The maximum absolute atomic E-state index is 6.69. The van der Waals surface area contributed by atoms with Crippen molar-refractivity contribution in [3.05, 3.63) is 108 Å². The molecule has 0 amide bonds. The Labute approximate surface area is 231 Å². The van der Waals surface area contributed by atoms with Gasteiger partial charge < -0.3 is 8.83 Å². The number of hydrogen-bond donors (Lipinski definition) is 0. The Morgan fingerprint density at radius 2 is 1.25 bits per heavy atom.